The van der Waals surface area contributed by atoms with E-state index in [9.17, 15) is 4.79 Å². The quantitative estimate of drug-likeness (QED) is 0.717. The third-order valence-corrected chi connectivity index (χ3v) is 2.30. The van der Waals surface area contributed by atoms with E-state index in [2.05, 4.69) is 11.9 Å². The molecule has 0 unspecified atom stereocenters. The first-order chi connectivity index (χ1) is 5.18. The number of halogens is 1. The van der Waals surface area contributed by atoms with Gasteiger partial charge in [-0.3, -0.25) is 4.79 Å². The van der Waals surface area contributed by atoms with Crippen LogP contribution in [0.3, 0.4) is 0 Å². The van der Waals surface area contributed by atoms with E-state index in [1.54, 1.807) is 0 Å². The van der Waals surface area contributed by atoms with Gasteiger partial charge in [-0.2, -0.15) is 0 Å². The van der Waals surface area contributed by atoms with E-state index in [0.717, 1.165) is 25.9 Å². The first kappa shape index (κ1) is 11.7. The highest BCUT2D eigenvalue weighted by atomic mass is 35.5. The minimum absolute atomic E-state index is 0. The molecule has 0 bridgehead atoms. The van der Waals surface area contributed by atoms with Crippen molar-refractivity contribution in [3.63, 3.8) is 0 Å². The average Bonchev–Trinajstić information content (AvgIpc) is 1.93. The van der Waals surface area contributed by atoms with Crippen LogP contribution in [-0.4, -0.2) is 36.1 Å². The van der Waals surface area contributed by atoms with Crippen molar-refractivity contribution in [3.8, 4) is 0 Å². The highest BCUT2D eigenvalue weighted by Crippen LogP contribution is 2.18. The normalized spacial score (nSPS) is 20.1. The average molecular weight is 194 g/mol. The Morgan fingerprint density at radius 3 is 2.42 bits per heavy atom. The molecule has 0 radical (unpaired) electrons. The lowest BCUT2D eigenvalue weighted by Crippen LogP contribution is -2.31. The van der Waals surface area contributed by atoms with Crippen LogP contribution in [0.1, 0.15) is 19.3 Å². The van der Waals surface area contributed by atoms with Gasteiger partial charge in [0.25, 0.3) is 0 Å². The lowest BCUT2D eigenvalue weighted by Gasteiger charge is -2.27. The maximum Gasteiger partial charge on any atom is 0.303 e. The van der Waals surface area contributed by atoms with Crippen LogP contribution in [0.2, 0.25) is 0 Å². The number of carbonyl (C=O) groups is 1. The first-order valence-electron chi connectivity index (χ1n) is 4.09. The van der Waals surface area contributed by atoms with E-state index in [1.165, 1.54) is 0 Å². The van der Waals surface area contributed by atoms with Crippen LogP contribution in [-0.2, 0) is 4.79 Å². The fourth-order valence-corrected chi connectivity index (χ4v) is 1.51. The molecule has 0 aliphatic carbocycles. The van der Waals surface area contributed by atoms with Gasteiger partial charge in [-0.25, -0.2) is 0 Å². The van der Waals surface area contributed by atoms with Gasteiger partial charge in [0.1, 0.15) is 0 Å². The topological polar surface area (TPSA) is 40.5 Å². The summed E-state index contributed by atoms with van der Waals surface area (Å²) in [5.74, 6) is -0.233. The van der Waals surface area contributed by atoms with Gasteiger partial charge in [-0.15, -0.1) is 12.4 Å². The fraction of sp³-hybridized carbons (Fsp3) is 0.875. The fourth-order valence-electron chi connectivity index (χ4n) is 1.51. The molecule has 1 N–H and O–H groups in total. The monoisotopic (exact) mass is 193 g/mol. The van der Waals surface area contributed by atoms with Crippen molar-refractivity contribution in [1.29, 1.82) is 0 Å². The molecule has 1 fully saturated rings. The smallest absolute Gasteiger partial charge is 0.303 e. The molecular weight excluding hydrogens is 178 g/mol. The molecule has 12 heavy (non-hydrogen) atoms. The number of carboxylic acid groups (broad SMARTS) is 1. The summed E-state index contributed by atoms with van der Waals surface area (Å²) in [5.41, 5.74) is 0. The second kappa shape index (κ2) is 5.38. The van der Waals surface area contributed by atoms with Gasteiger partial charge in [0.15, 0.2) is 0 Å². The summed E-state index contributed by atoms with van der Waals surface area (Å²) in [4.78, 5) is 12.6. The lowest BCUT2D eigenvalue weighted by molar-refractivity contribution is -0.138. The van der Waals surface area contributed by atoms with Crippen LogP contribution in [0, 0.1) is 5.92 Å². The van der Waals surface area contributed by atoms with Gasteiger partial charge in [0.2, 0.25) is 0 Å². The van der Waals surface area contributed by atoms with E-state index in [1.807, 2.05) is 0 Å². The molecule has 4 heteroatoms. The first-order valence-corrected chi connectivity index (χ1v) is 4.09. The summed E-state index contributed by atoms with van der Waals surface area (Å²) >= 11 is 0. The predicted molar refractivity (Wildman–Crippen MR) is 49.7 cm³/mol. The number of carboxylic acids is 1. The number of piperidine rings is 1. The number of nitrogens with zero attached hydrogens (tertiary/aromatic N) is 1. The molecule has 1 aliphatic heterocycles. The Morgan fingerprint density at radius 1 is 1.50 bits per heavy atom. The summed E-state index contributed by atoms with van der Waals surface area (Å²) in [5, 5.41) is 8.52. The lowest BCUT2D eigenvalue weighted by atomic mass is 9.94. The number of hydrogen-bond acceptors (Lipinski definition) is 2. The largest absolute Gasteiger partial charge is 0.481 e. The standard InChI is InChI=1S/C8H15NO2.ClH/c1-9-4-2-7(3-5-9)6-8(10)11;/h7H,2-6H2,1H3,(H,10,11);1H. The molecule has 0 saturated carbocycles. The molecule has 1 saturated heterocycles. The molecular formula is C8H16ClNO2. The van der Waals surface area contributed by atoms with Gasteiger partial charge >= 0.3 is 5.97 Å². The Morgan fingerprint density at radius 2 is 2.00 bits per heavy atom. The van der Waals surface area contributed by atoms with Crippen molar-refractivity contribution in [2.45, 2.75) is 19.3 Å². The molecule has 0 atom stereocenters. The van der Waals surface area contributed by atoms with E-state index in [0.29, 0.717) is 12.3 Å². The predicted octanol–water partition coefficient (Wildman–Crippen LogP) is 1.22. The molecule has 0 aromatic rings. The van der Waals surface area contributed by atoms with Crippen molar-refractivity contribution in [2.75, 3.05) is 20.1 Å². The molecule has 3 nitrogen and oxygen atoms in total. The van der Waals surface area contributed by atoms with E-state index < -0.39 is 5.97 Å². The van der Waals surface area contributed by atoms with E-state index in [4.69, 9.17) is 5.11 Å². The molecule has 1 rings (SSSR count). The molecule has 72 valence electrons. The van der Waals surface area contributed by atoms with Gasteiger partial charge in [-0.1, -0.05) is 0 Å². The Bertz CT molecular complexity index is 144. The molecule has 0 amide bonds. The summed E-state index contributed by atoms with van der Waals surface area (Å²) < 4.78 is 0. The summed E-state index contributed by atoms with van der Waals surface area (Å²) in [6, 6.07) is 0. The molecule has 0 aromatic carbocycles. The Balaban J connectivity index is 0.00000121. The van der Waals surface area contributed by atoms with Gasteiger partial charge < -0.3 is 10.0 Å². The zero-order valence-corrected chi connectivity index (χ0v) is 8.14. The van der Waals surface area contributed by atoms with Gasteiger partial charge in [-0.05, 0) is 38.9 Å². The highest BCUT2D eigenvalue weighted by Gasteiger charge is 2.18. The minimum Gasteiger partial charge on any atom is -0.481 e. The van der Waals surface area contributed by atoms with Crippen LogP contribution in [0.15, 0.2) is 0 Å². The summed E-state index contributed by atoms with van der Waals surface area (Å²) in [7, 11) is 2.08. The highest BCUT2D eigenvalue weighted by molar-refractivity contribution is 5.85. The molecule has 0 aromatic heterocycles. The van der Waals surface area contributed by atoms with Gasteiger partial charge in [0, 0.05) is 6.42 Å². The minimum atomic E-state index is -0.653. The summed E-state index contributed by atoms with van der Waals surface area (Å²) in [6.45, 7) is 2.11. The van der Waals surface area contributed by atoms with Crippen molar-refractivity contribution in [1.82, 2.24) is 4.90 Å². The molecule has 0 spiro atoms. The Kier molecular flexibility index (Phi) is 5.25. The summed E-state index contributed by atoms with van der Waals surface area (Å²) in [6.07, 6.45) is 2.44. The van der Waals surface area contributed by atoms with Crippen LogP contribution in [0.4, 0.5) is 0 Å². The molecule has 1 aliphatic rings. The van der Waals surface area contributed by atoms with Crippen molar-refractivity contribution in [3.05, 3.63) is 0 Å². The van der Waals surface area contributed by atoms with Crippen LogP contribution >= 0.6 is 12.4 Å². The number of hydrogen-bond donors (Lipinski definition) is 1. The Labute approximate surface area is 79.2 Å². The van der Waals surface area contributed by atoms with Gasteiger partial charge in [0.05, 0.1) is 0 Å². The SMILES string of the molecule is CN1CCC(CC(=O)O)CC1.Cl. The number of likely N-dealkylation sites (tertiary alicyclic amines) is 1. The van der Waals surface area contributed by atoms with Crippen LogP contribution in [0.25, 0.3) is 0 Å². The second-order valence-corrected chi connectivity index (χ2v) is 3.34. The van der Waals surface area contributed by atoms with E-state index >= 15 is 0 Å². The van der Waals surface area contributed by atoms with Crippen molar-refractivity contribution in [2.24, 2.45) is 5.92 Å². The third kappa shape index (κ3) is 3.93. The zero-order chi connectivity index (χ0) is 8.27. The number of aliphatic carboxylic acids is 1. The van der Waals surface area contributed by atoms with Crippen LogP contribution in [0.5, 0.6) is 0 Å². The Hall–Kier alpha value is -0.280. The zero-order valence-electron chi connectivity index (χ0n) is 7.32. The molecule has 1 heterocycles. The van der Waals surface area contributed by atoms with E-state index in [-0.39, 0.29) is 12.4 Å². The van der Waals surface area contributed by atoms with Crippen LogP contribution < -0.4 is 0 Å². The van der Waals surface area contributed by atoms with Crippen molar-refractivity contribution >= 4 is 18.4 Å². The van der Waals surface area contributed by atoms with Crippen molar-refractivity contribution < 1.29 is 9.90 Å². The second-order valence-electron chi connectivity index (χ2n) is 3.34. The maximum absolute atomic E-state index is 10.3. The third-order valence-electron chi connectivity index (χ3n) is 2.30. The maximum atomic E-state index is 10.3. The number of rotatable bonds is 2.